The molecule has 2 N–H and O–H groups in total. The van der Waals surface area contributed by atoms with Crippen molar-refractivity contribution in [2.24, 2.45) is 7.05 Å². The van der Waals surface area contributed by atoms with Crippen LogP contribution in [0.4, 0.5) is 4.79 Å². The fourth-order valence-corrected chi connectivity index (χ4v) is 4.13. The Morgan fingerprint density at radius 2 is 2.20 bits per heavy atom. The lowest BCUT2D eigenvalue weighted by Crippen LogP contribution is -2.46. The lowest BCUT2D eigenvalue weighted by atomic mass is 10.0. The van der Waals surface area contributed by atoms with Gasteiger partial charge in [-0.2, -0.15) is 5.10 Å². The predicted molar refractivity (Wildman–Crippen MR) is 109 cm³/mol. The van der Waals surface area contributed by atoms with Crippen LogP contribution in [0.15, 0.2) is 45.4 Å². The van der Waals surface area contributed by atoms with E-state index in [1.54, 1.807) is 43.9 Å². The minimum atomic E-state index is -0.745. The van der Waals surface area contributed by atoms with Crippen LogP contribution in [0.1, 0.15) is 24.5 Å². The Bertz CT molecular complexity index is 1150. The van der Waals surface area contributed by atoms with Crippen LogP contribution >= 0.6 is 11.8 Å². The molecule has 10 nitrogen and oxygen atoms in total. The molecule has 3 aromatic heterocycles. The minimum Gasteiger partial charge on any atom is -0.464 e. The van der Waals surface area contributed by atoms with E-state index < -0.39 is 18.0 Å². The molecule has 1 atom stereocenters. The van der Waals surface area contributed by atoms with E-state index in [1.807, 2.05) is 0 Å². The summed E-state index contributed by atoms with van der Waals surface area (Å²) in [7, 11) is 1.80. The summed E-state index contributed by atoms with van der Waals surface area (Å²) in [6.07, 6.45) is 3.15. The number of carbonyl (C=O) groups is 2. The molecular formula is C19H20N6O4S. The van der Waals surface area contributed by atoms with E-state index in [4.69, 9.17) is 9.15 Å². The van der Waals surface area contributed by atoms with Gasteiger partial charge in [-0.05, 0) is 26.0 Å². The van der Waals surface area contributed by atoms with Gasteiger partial charge < -0.3 is 19.8 Å². The molecule has 0 fully saturated rings. The Hall–Kier alpha value is -3.34. The molecule has 0 saturated heterocycles. The zero-order chi connectivity index (χ0) is 21.3. The number of nitrogens with one attached hydrogen (secondary N) is 2. The van der Waals surface area contributed by atoms with Gasteiger partial charge in [0.15, 0.2) is 5.65 Å². The first-order valence-corrected chi connectivity index (χ1v) is 10.3. The van der Waals surface area contributed by atoms with E-state index in [9.17, 15) is 9.59 Å². The summed E-state index contributed by atoms with van der Waals surface area (Å²) in [5.41, 5.74) is 1.44. The first-order chi connectivity index (χ1) is 14.5. The van der Waals surface area contributed by atoms with Crippen molar-refractivity contribution in [2.75, 3.05) is 12.4 Å². The normalized spacial score (nSPS) is 16.5. The van der Waals surface area contributed by atoms with Crippen LogP contribution in [0.2, 0.25) is 0 Å². The first kappa shape index (κ1) is 20.0. The van der Waals surface area contributed by atoms with E-state index in [0.717, 1.165) is 5.39 Å². The molecule has 0 radical (unpaired) electrons. The van der Waals surface area contributed by atoms with Crippen molar-refractivity contribution in [3.8, 4) is 0 Å². The standard InChI is InChI=1S/C19H20N6O4S/c1-4-28-18(26)14-12(23-19(27)24-15(14)13-6-5-10(2)29-13)8-30-17-11-7-22-25(3)16(11)20-9-21-17/h5-7,9,15H,4,8H2,1-3H3,(H2,23,24,27)/t15-/m1/s1. The number of aryl methyl sites for hydroxylation is 2. The van der Waals surface area contributed by atoms with Crippen LogP contribution in [0.25, 0.3) is 11.0 Å². The average molecular weight is 428 g/mol. The maximum atomic E-state index is 12.8. The zero-order valence-corrected chi connectivity index (χ0v) is 17.4. The number of nitrogens with zero attached hydrogens (tertiary/aromatic N) is 4. The summed E-state index contributed by atoms with van der Waals surface area (Å²) in [5.74, 6) is 0.911. The molecule has 156 valence electrons. The van der Waals surface area contributed by atoms with Gasteiger partial charge >= 0.3 is 12.0 Å². The highest BCUT2D eigenvalue weighted by molar-refractivity contribution is 7.99. The van der Waals surface area contributed by atoms with Crippen LogP contribution < -0.4 is 10.6 Å². The van der Waals surface area contributed by atoms with Crippen molar-refractivity contribution in [2.45, 2.75) is 24.9 Å². The minimum absolute atomic E-state index is 0.211. The maximum absolute atomic E-state index is 12.8. The number of aromatic nitrogens is 4. The smallest absolute Gasteiger partial charge is 0.338 e. The Morgan fingerprint density at radius 3 is 2.93 bits per heavy atom. The Balaban J connectivity index is 1.70. The van der Waals surface area contributed by atoms with Gasteiger partial charge in [0.2, 0.25) is 0 Å². The maximum Gasteiger partial charge on any atom is 0.338 e. The molecule has 4 heterocycles. The number of amides is 2. The SMILES string of the molecule is CCOC(=O)C1=C(CSc2ncnc3c2cnn3C)NC(=O)N[C@@H]1c1ccc(C)o1. The third-order valence-electron chi connectivity index (χ3n) is 4.54. The molecule has 0 aromatic carbocycles. The monoisotopic (exact) mass is 428 g/mol. The summed E-state index contributed by atoms with van der Waals surface area (Å²) in [4.78, 5) is 33.6. The molecular weight excluding hydrogens is 408 g/mol. The van der Waals surface area contributed by atoms with Crippen LogP contribution in [-0.2, 0) is 16.6 Å². The van der Waals surface area contributed by atoms with E-state index in [-0.39, 0.29) is 6.61 Å². The van der Waals surface area contributed by atoms with Gasteiger partial charge in [0.1, 0.15) is 28.9 Å². The fraction of sp³-hybridized carbons (Fsp3) is 0.316. The molecule has 3 aromatic rings. The average Bonchev–Trinajstić information content (AvgIpc) is 3.32. The largest absolute Gasteiger partial charge is 0.464 e. The van der Waals surface area contributed by atoms with Crippen molar-refractivity contribution in [1.29, 1.82) is 0 Å². The second kappa shape index (κ2) is 8.19. The molecule has 4 rings (SSSR count). The molecule has 0 aliphatic carbocycles. The first-order valence-electron chi connectivity index (χ1n) is 9.27. The quantitative estimate of drug-likeness (QED) is 0.348. The highest BCUT2D eigenvalue weighted by atomic mass is 32.2. The number of rotatable bonds is 6. The Labute approximate surface area is 176 Å². The zero-order valence-electron chi connectivity index (χ0n) is 16.6. The van der Waals surface area contributed by atoms with Crippen LogP contribution in [-0.4, -0.2) is 44.1 Å². The van der Waals surface area contributed by atoms with Gasteiger partial charge in [0.25, 0.3) is 0 Å². The van der Waals surface area contributed by atoms with E-state index in [0.29, 0.717) is 39.2 Å². The van der Waals surface area contributed by atoms with Gasteiger partial charge in [-0.25, -0.2) is 19.6 Å². The summed E-state index contributed by atoms with van der Waals surface area (Å²) >= 11 is 1.37. The number of hydrogen-bond donors (Lipinski definition) is 2. The second-order valence-electron chi connectivity index (χ2n) is 6.57. The molecule has 0 spiro atoms. The lowest BCUT2D eigenvalue weighted by molar-refractivity contribution is -0.139. The van der Waals surface area contributed by atoms with Crippen molar-refractivity contribution in [3.05, 3.63) is 47.4 Å². The molecule has 0 unspecified atom stereocenters. The van der Waals surface area contributed by atoms with Gasteiger partial charge in [-0.1, -0.05) is 11.8 Å². The van der Waals surface area contributed by atoms with E-state index >= 15 is 0 Å². The number of urea groups is 1. The van der Waals surface area contributed by atoms with Crippen LogP contribution in [0.5, 0.6) is 0 Å². The van der Waals surface area contributed by atoms with Gasteiger partial charge in [-0.3, -0.25) is 4.68 Å². The topological polar surface area (TPSA) is 124 Å². The Kier molecular flexibility index (Phi) is 5.44. The van der Waals surface area contributed by atoms with Crippen molar-refractivity contribution in [1.82, 2.24) is 30.4 Å². The van der Waals surface area contributed by atoms with E-state index in [1.165, 1.54) is 18.1 Å². The lowest BCUT2D eigenvalue weighted by Gasteiger charge is -2.27. The summed E-state index contributed by atoms with van der Waals surface area (Å²) in [6.45, 7) is 3.74. The third-order valence-corrected chi connectivity index (χ3v) is 5.57. The number of fused-ring (bicyclic) bond motifs is 1. The second-order valence-corrected chi connectivity index (χ2v) is 7.53. The number of thioether (sulfide) groups is 1. The molecule has 11 heteroatoms. The highest BCUT2D eigenvalue weighted by Crippen LogP contribution is 2.32. The number of ether oxygens (including phenoxy) is 1. The molecule has 1 aliphatic rings. The fourth-order valence-electron chi connectivity index (χ4n) is 3.20. The van der Waals surface area contributed by atoms with Crippen molar-refractivity contribution in [3.63, 3.8) is 0 Å². The van der Waals surface area contributed by atoms with E-state index in [2.05, 4.69) is 25.7 Å². The number of carbonyl (C=O) groups excluding carboxylic acids is 2. The van der Waals surface area contributed by atoms with Gasteiger partial charge in [0.05, 0.1) is 23.8 Å². The molecule has 30 heavy (non-hydrogen) atoms. The Morgan fingerprint density at radius 1 is 1.37 bits per heavy atom. The summed E-state index contributed by atoms with van der Waals surface area (Å²) in [6, 6.07) is 2.35. The third kappa shape index (κ3) is 3.75. The van der Waals surface area contributed by atoms with Crippen molar-refractivity contribution >= 4 is 34.8 Å². The van der Waals surface area contributed by atoms with Crippen molar-refractivity contribution < 1.29 is 18.7 Å². The van der Waals surface area contributed by atoms with Crippen LogP contribution in [0.3, 0.4) is 0 Å². The molecule has 1 aliphatic heterocycles. The predicted octanol–water partition coefficient (Wildman–Crippen LogP) is 2.23. The van der Waals surface area contributed by atoms with Gasteiger partial charge in [-0.15, -0.1) is 0 Å². The van der Waals surface area contributed by atoms with Crippen LogP contribution in [0, 0.1) is 6.92 Å². The molecule has 2 amide bonds. The number of hydrogen-bond acceptors (Lipinski definition) is 8. The van der Waals surface area contributed by atoms with Gasteiger partial charge in [0, 0.05) is 18.5 Å². The number of esters is 1. The summed E-state index contributed by atoms with van der Waals surface area (Å²) in [5, 5.41) is 11.2. The molecule has 0 bridgehead atoms. The highest BCUT2D eigenvalue weighted by Gasteiger charge is 2.35. The molecule has 0 saturated carbocycles. The number of furan rings is 1. The summed E-state index contributed by atoms with van der Waals surface area (Å²) < 4.78 is 12.6.